The number of carboxylic acids is 1. The van der Waals surface area contributed by atoms with Crippen LogP contribution in [0.25, 0.3) is 0 Å². The summed E-state index contributed by atoms with van der Waals surface area (Å²) < 4.78 is 117. The van der Waals surface area contributed by atoms with E-state index in [0.717, 1.165) is 12.1 Å². The zero-order valence-electron chi connectivity index (χ0n) is 12.2. The van der Waals surface area contributed by atoms with E-state index in [1.807, 2.05) is 0 Å². The fourth-order valence-corrected chi connectivity index (χ4v) is 0.726. The van der Waals surface area contributed by atoms with Crippen LogP contribution in [0.4, 0.5) is 57.5 Å². The fraction of sp³-hybridized carbons (Fsp3) is 0. The minimum atomic E-state index is -6.00. The van der Waals surface area contributed by atoms with Crippen molar-refractivity contribution in [3.63, 3.8) is 0 Å². The topological polar surface area (TPSA) is 80.4 Å². The zero-order chi connectivity index (χ0) is 22.6. The predicted molar refractivity (Wildman–Crippen MR) is 77.8 cm³/mol. The van der Waals surface area contributed by atoms with E-state index < -0.39 is 32.7 Å². The summed E-state index contributed by atoms with van der Waals surface area (Å²) in [5, 5.41) is 18.6. The number of hydrogen-bond acceptors (Lipinski definition) is 3. The van der Waals surface area contributed by atoms with Crippen molar-refractivity contribution in [3.05, 3.63) is 39.9 Å². The van der Waals surface area contributed by atoms with Gasteiger partial charge in [0.2, 0.25) is 0 Å². The molecule has 28 heavy (non-hydrogen) atoms. The molecule has 0 bridgehead atoms. The van der Waals surface area contributed by atoms with Crippen LogP contribution in [-0.2, 0) is 0 Å². The number of carbonyl (C=O) groups is 1. The van der Waals surface area contributed by atoms with Gasteiger partial charge in [0, 0.05) is 12.1 Å². The number of aromatic carboxylic acids is 1. The van der Waals surface area contributed by atoms with E-state index in [2.05, 4.69) is 0 Å². The predicted octanol–water partition coefficient (Wildman–Crippen LogP) is 4.54. The number of nitro benzene ring substituents is 1. The van der Waals surface area contributed by atoms with Crippen LogP contribution in [0.5, 0.6) is 0 Å². The minimum absolute atomic E-state index is 0. The van der Waals surface area contributed by atoms with E-state index in [1.54, 1.807) is 0 Å². The second kappa shape index (κ2) is 14.1. The molecule has 0 aromatic heterocycles. The SMILES string of the molecule is F[B-](F)(F)F.F[B-](F)(F)F.F[B-](F)(F)F.O=C(O)c1ccc([N+](=O)[O-])cc1.[LiH]. The van der Waals surface area contributed by atoms with Crippen molar-refractivity contribution in [2.24, 2.45) is 0 Å². The summed E-state index contributed by atoms with van der Waals surface area (Å²) in [6, 6.07) is 4.70. The molecule has 0 unspecified atom stereocenters. The fourth-order valence-electron chi connectivity index (χ4n) is 0.726. The molecule has 0 saturated carbocycles. The maximum atomic E-state index is 10.3. The van der Waals surface area contributed by atoms with E-state index in [0.29, 0.717) is 0 Å². The van der Waals surface area contributed by atoms with Crippen LogP contribution in [0.15, 0.2) is 24.3 Å². The Balaban J connectivity index is -0.000000153. The number of nitro groups is 1. The molecule has 0 atom stereocenters. The van der Waals surface area contributed by atoms with Gasteiger partial charge in [-0.15, -0.1) is 0 Å². The number of non-ortho nitro benzene ring substituents is 1. The third kappa shape index (κ3) is 49.6. The molecule has 0 saturated heterocycles. The van der Waals surface area contributed by atoms with Gasteiger partial charge in [-0.05, 0) is 12.1 Å². The van der Waals surface area contributed by atoms with Gasteiger partial charge in [0.15, 0.2) is 0 Å². The first-order valence-electron chi connectivity index (χ1n) is 5.71. The van der Waals surface area contributed by atoms with E-state index >= 15 is 0 Å². The Labute approximate surface area is 159 Å². The third-order valence-corrected chi connectivity index (χ3v) is 1.33. The number of hydrogen-bond donors (Lipinski definition) is 1. The van der Waals surface area contributed by atoms with Crippen molar-refractivity contribution in [3.8, 4) is 0 Å². The van der Waals surface area contributed by atoms with Crippen molar-refractivity contribution in [1.82, 2.24) is 0 Å². The quantitative estimate of drug-likeness (QED) is 0.320. The van der Waals surface area contributed by atoms with Gasteiger partial charge in [0.25, 0.3) is 5.69 Å². The summed E-state index contributed by atoms with van der Waals surface area (Å²) in [6.07, 6.45) is 0. The molecule has 1 rings (SSSR count). The van der Waals surface area contributed by atoms with Crippen LogP contribution >= 0.6 is 0 Å². The van der Waals surface area contributed by atoms with Crippen molar-refractivity contribution >= 4 is 52.3 Å². The Morgan fingerprint density at radius 2 is 0.964 bits per heavy atom. The first-order valence-corrected chi connectivity index (χ1v) is 5.71. The molecule has 0 radical (unpaired) electrons. The Bertz CT molecular complexity index is 499. The van der Waals surface area contributed by atoms with Crippen molar-refractivity contribution in [2.45, 2.75) is 0 Å². The molecule has 0 spiro atoms. The molecule has 0 fully saturated rings. The molecule has 0 aliphatic heterocycles. The van der Waals surface area contributed by atoms with Crippen LogP contribution in [0.1, 0.15) is 10.4 Å². The molecule has 0 amide bonds. The summed E-state index contributed by atoms with van der Waals surface area (Å²) in [7, 11) is -18.0. The Kier molecular flexibility index (Phi) is 16.9. The van der Waals surface area contributed by atoms with Crippen LogP contribution < -0.4 is 0 Å². The zero-order valence-corrected chi connectivity index (χ0v) is 12.2. The average molecular weight is 435 g/mol. The maximum absolute atomic E-state index is 10.3. The van der Waals surface area contributed by atoms with Gasteiger partial charge in [-0.3, -0.25) is 10.1 Å². The molecule has 5 nitrogen and oxygen atoms in total. The van der Waals surface area contributed by atoms with E-state index in [9.17, 15) is 66.7 Å². The number of rotatable bonds is 2. The Morgan fingerprint density at radius 1 is 0.750 bits per heavy atom. The van der Waals surface area contributed by atoms with Crippen LogP contribution in [-0.4, -0.2) is 56.6 Å². The van der Waals surface area contributed by atoms with E-state index in [1.165, 1.54) is 12.1 Å². The summed E-state index contributed by atoms with van der Waals surface area (Å²) in [5.41, 5.74) is -0.0689. The summed E-state index contributed by atoms with van der Waals surface area (Å²) in [6.45, 7) is 0. The third-order valence-electron chi connectivity index (χ3n) is 1.33. The molecule has 0 aliphatic carbocycles. The van der Waals surface area contributed by atoms with Gasteiger partial charge in [-0.2, -0.15) is 0 Å². The van der Waals surface area contributed by atoms with Gasteiger partial charge in [0.1, 0.15) is 0 Å². The molecule has 1 aromatic rings. The molecular weight excluding hydrogens is 429 g/mol. The molecule has 1 aromatic carbocycles. The summed E-state index contributed by atoms with van der Waals surface area (Å²) >= 11 is 0. The second-order valence-corrected chi connectivity index (χ2v) is 3.59. The van der Waals surface area contributed by atoms with Crippen LogP contribution in [0, 0.1) is 10.1 Å². The van der Waals surface area contributed by atoms with Crippen molar-refractivity contribution in [2.75, 3.05) is 0 Å². The number of benzene rings is 1. The molecule has 0 heterocycles. The molecular formula is C7H6B3F12LiNO4-3. The van der Waals surface area contributed by atoms with E-state index in [4.69, 9.17) is 5.11 Å². The molecule has 1 N–H and O–H groups in total. The van der Waals surface area contributed by atoms with Gasteiger partial charge in [0.05, 0.1) is 10.5 Å². The first-order chi connectivity index (χ1) is 11.6. The Hall–Kier alpha value is -1.96. The Morgan fingerprint density at radius 3 is 1.11 bits per heavy atom. The van der Waals surface area contributed by atoms with Gasteiger partial charge in [-0.1, -0.05) is 0 Å². The molecule has 160 valence electrons. The van der Waals surface area contributed by atoms with Gasteiger partial charge in [-0.25, -0.2) is 4.79 Å². The number of carboxylic acid groups (broad SMARTS) is 1. The van der Waals surface area contributed by atoms with Gasteiger partial charge >= 0.3 is 46.6 Å². The first kappa shape index (κ1) is 33.6. The monoisotopic (exact) mass is 436 g/mol. The van der Waals surface area contributed by atoms with Crippen molar-refractivity contribution in [1.29, 1.82) is 0 Å². The molecule has 21 heteroatoms. The molecule has 0 aliphatic rings. The van der Waals surface area contributed by atoms with Crippen LogP contribution in [0.3, 0.4) is 0 Å². The summed E-state index contributed by atoms with van der Waals surface area (Å²) in [4.78, 5) is 19.9. The normalized spacial score (nSPS) is 10.4. The standard InChI is InChI=1S/C7H5NO4.3BF4.Li.H/c9-7(10)5-1-3-6(4-2-5)8(11)12;3*2-1(3,4)5;;/h1-4H,(H,9,10);;;;;/q;3*-1;;. The summed E-state index contributed by atoms with van der Waals surface area (Å²) in [5.74, 6) is -1.09. The number of halogens is 12. The van der Waals surface area contributed by atoms with Gasteiger partial charge < -0.3 is 56.9 Å². The van der Waals surface area contributed by atoms with Crippen molar-refractivity contribution < 1.29 is 66.6 Å². The van der Waals surface area contributed by atoms with Crippen LogP contribution in [0.2, 0.25) is 0 Å². The number of nitrogens with zero attached hydrogens (tertiary/aromatic N) is 1. The second-order valence-electron chi connectivity index (χ2n) is 3.59. The average Bonchev–Trinajstić information content (AvgIpc) is 2.32. The van der Waals surface area contributed by atoms with E-state index in [-0.39, 0.29) is 30.1 Å².